The Morgan fingerprint density at radius 1 is 1.06 bits per heavy atom. The number of nitrogens with one attached hydrogen (secondary N) is 1. The summed E-state index contributed by atoms with van der Waals surface area (Å²) in [4.78, 5) is 16.2. The van der Waals surface area contributed by atoms with Gasteiger partial charge in [0.15, 0.2) is 11.5 Å². The Morgan fingerprint density at radius 3 is 2.52 bits per heavy atom. The number of aromatic nitrogens is 1. The number of benzene rings is 2. The summed E-state index contributed by atoms with van der Waals surface area (Å²) in [6.07, 6.45) is 1.52. The molecular weight excluding hydrogens is 394 g/mol. The molecule has 4 rings (SSSR count). The Labute approximate surface area is 178 Å². The van der Waals surface area contributed by atoms with Crippen molar-refractivity contribution in [2.75, 3.05) is 18.5 Å². The SMILES string of the molecule is CCOc1cc2ncc(C#N)c(Nc3ccc4c(C)cc(=O)oc4c3)c2cc1OCC. The topological polar surface area (TPSA) is 97.4 Å². The number of aryl methyl sites for hydroxylation is 1. The Bertz CT molecular complexity index is 1390. The molecule has 31 heavy (non-hydrogen) atoms. The molecular formula is C24H21N3O4. The molecule has 1 N–H and O–H groups in total. The van der Waals surface area contributed by atoms with Crippen LogP contribution in [0.25, 0.3) is 21.9 Å². The van der Waals surface area contributed by atoms with Crippen molar-refractivity contribution >= 4 is 33.2 Å². The van der Waals surface area contributed by atoms with E-state index in [2.05, 4.69) is 16.4 Å². The van der Waals surface area contributed by atoms with Crippen molar-refractivity contribution < 1.29 is 13.9 Å². The van der Waals surface area contributed by atoms with E-state index < -0.39 is 5.63 Å². The van der Waals surface area contributed by atoms with E-state index in [0.717, 1.165) is 16.3 Å². The molecule has 7 nitrogen and oxygen atoms in total. The first-order valence-corrected chi connectivity index (χ1v) is 9.98. The van der Waals surface area contributed by atoms with E-state index >= 15 is 0 Å². The molecule has 4 aromatic rings. The molecule has 0 bridgehead atoms. The number of hydrogen-bond acceptors (Lipinski definition) is 7. The fourth-order valence-electron chi connectivity index (χ4n) is 3.50. The molecule has 2 aromatic heterocycles. The zero-order valence-electron chi connectivity index (χ0n) is 17.5. The normalized spacial score (nSPS) is 10.8. The Balaban J connectivity index is 1.87. The Morgan fingerprint density at radius 2 is 1.81 bits per heavy atom. The maximum atomic E-state index is 11.8. The summed E-state index contributed by atoms with van der Waals surface area (Å²) < 4.78 is 16.8. The van der Waals surface area contributed by atoms with Gasteiger partial charge in [0.25, 0.3) is 0 Å². The number of ether oxygens (including phenoxy) is 2. The molecule has 7 heteroatoms. The van der Waals surface area contributed by atoms with E-state index in [1.165, 1.54) is 12.3 Å². The maximum Gasteiger partial charge on any atom is 0.336 e. The number of pyridine rings is 1. The minimum atomic E-state index is -0.404. The van der Waals surface area contributed by atoms with Gasteiger partial charge >= 0.3 is 5.63 Å². The van der Waals surface area contributed by atoms with Gasteiger partial charge in [0.1, 0.15) is 11.7 Å². The summed E-state index contributed by atoms with van der Waals surface area (Å²) in [5.74, 6) is 1.18. The highest BCUT2D eigenvalue weighted by Gasteiger charge is 2.15. The predicted octanol–water partition coefficient (Wildman–Crippen LogP) is 5.06. The van der Waals surface area contributed by atoms with Crippen LogP contribution in [0.3, 0.4) is 0 Å². The minimum absolute atomic E-state index is 0.380. The lowest BCUT2D eigenvalue weighted by Gasteiger charge is -2.16. The van der Waals surface area contributed by atoms with Gasteiger partial charge in [-0.15, -0.1) is 0 Å². The molecule has 2 aromatic carbocycles. The third kappa shape index (κ3) is 3.88. The summed E-state index contributed by atoms with van der Waals surface area (Å²) in [6.45, 7) is 6.63. The lowest BCUT2D eigenvalue weighted by Crippen LogP contribution is -2.02. The number of fused-ring (bicyclic) bond motifs is 2. The van der Waals surface area contributed by atoms with Crippen LogP contribution in [0.15, 0.2) is 51.8 Å². The Kier molecular flexibility index (Phi) is 5.46. The molecule has 0 atom stereocenters. The van der Waals surface area contributed by atoms with Crippen molar-refractivity contribution in [2.45, 2.75) is 20.8 Å². The number of rotatable bonds is 6. The van der Waals surface area contributed by atoms with Crippen LogP contribution < -0.4 is 20.4 Å². The molecule has 0 fully saturated rings. The molecule has 0 aliphatic heterocycles. The molecule has 0 radical (unpaired) electrons. The smallest absolute Gasteiger partial charge is 0.336 e. The van der Waals surface area contributed by atoms with Crippen molar-refractivity contribution in [3.8, 4) is 17.6 Å². The molecule has 156 valence electrons. The second-order valence-corrected chi connectivity index (χ2v) is 6.93. The molecule has 2 heterocycles. The predicted molar refractivity (Wildman–Crippen MR) is 119 cm³/mol. The van der Waals surface area contributed by atoms with Crippen molar-refractivity contribution in [1.82, 2.24) is 4.98 Å². The lowest BCUT2D eigenvalue weighted by molar-refractivity contribution is 0.288. The number of anilines is 2. The first-order valence-electron chi connectivity index (χ1n) is 9.98. The third-order valence-corrected chi connectivity index (χ3v) is 4.87. The molecule has 0 amide bonds. The van der Waals surface area contributed by atoms with Crippen LogP contribution in [0.2, 0.25) is 0 Å². The van der Waals surface area contributed by atoms with Crippen LogP contribution in [-0.2, 0) is 0 Å². The van der Waals surface area contributed by atoms with Crippen molar-refractivity contribution in [1.29, 1.82) is 5.26 Å². The van der Waals surface area contributed by atoms with Crippen molar-refractivity contribution in [3.05, 3.63) is 64.1 Å². The van der Waals surface area contributed by atoms with Gasteiger partial charge in [0.2, 0.25) is 0 Å². The first kappa shape index (κ1) is 20.2. The molecule has 0 saturated heterocycles. The minimum Gasteiger partial charge on any atom is -0.490 e. The van der Waals surface area contributed by atoms with Gasteiger partial charge in [0.05, 0.1) is 30.0 Å². The number of nitrogens with zero attached hydrogens (tertiary/aromatic N) is 2. The fraction of sp³-hybridized carbons (Fsp3) is 0.208. The van der Waals surface area contributed by atoms with Gasteiger partial charge in [0, 0.05) is 40.9 Å². The van der Waals surface area contributed by atoms with Crippen molar-refractivity contribution in [2.24, 2.45) is 0 Å². The molecule has 0 spiro atoms. The summed E-state index contributed by atoms with van der Waals surface area (Å²) in [5, 5.41) is 14.5. The molecule has 0 aliphatic rings. The maximum absolute atomic E-state index is 11.8. The largest absolute Gasteiger partial charge is 0.490 e. The highest BCUT2D eigenvalue weighted by atomic mass is 16.5. The monoisotopic (exact) mass is 415 g/mol. The molecule has 0 saturated carbocycles. The second kappa shape index (κ2) is 8.36. The average molecular weight is 415 g/mol. The van der Waals surface area contributed by atoms with E-state index in [1.807, 2.05) is 39.0 Å². The van der Waals surface area contributed by atoms with Crippen LogP contribution in [0, 0.1) is 18.3 Å². The molecule has 0 unspecified atom stereocenters. The van der Waals surface area contributed by atoms with Crippen LogP contribution >= 0.6 is 0 Å². The van der Waals surface area contributed by atoms with Crippen LogP contribution in [-0.4, -0.2) is 18.2 Å². The van der Waals surface area contributed by atoms with Gasteiger partial charge < -0.3 is 19.2 Å². The van der Waals surface area contributed by atoms with E-state index in [-0.39, 0.29) is 0 Å². The highest BCUT2D eigenvalue weighted by Crippen LogP contribution is 2.37. The van der Waals surface area contributed by atoms with Gasteiger partial charge in [-0.25, -0.2) is 4.79 Å². The number of hydrogen-bond donors (Lipinski definition) is 1. The lowest BCUT2D eigenvalue weighted by atomic mass is 10.1. The zero-order valence-corrected chi connectivity index (χ0v) is 17.5. The van der Waals surface area contributed by atoms with E-state index in [4.69, 9.17) is 13.9 Å². The third-order valence-electron chi connectivity index (χ3n) is 4.87. The van der Waals surface area contributed by atoms with E-state index in [1.54, 1.807) is 12.1 Å². The van der Waals surface area contributed by atoms with E-state index in [0.29, 0.717) is 52.8 Å². The van der Waals surface area contributed by atoms with Gasteiger partial charge in [-0.2, -0.15) is 5.26 Å². The quantitative estimate of drug-likeness (QED) is 0.439. The average Bonchev–Trinajstić information content (AvgIpc) is 2.74. The van der Waals surface area contributed by atoms with E-state index in [9.17, 15) is 10.1 Å². The van der Waals surface area contributed by atoms with Gasteiger partial charge in [-0.1, -0.05) is 0 Å². The van der Waals surface area contributed by atoms with Gasteiger partial charge in [-0.05, 0) is 44.5 Å². The zero-order chi connectivity index (χ0) is 22.0. The number of nitriles is 1. The fourth-order valence-corrected chi connectivity index (χ4v) is 3.50. The van der Waals surface area contributed by atoms with Gasteiger partial charge in [-0.3, -0.25) is 4.98 Å². The summed E-state index contributed by atoms with van der Waals surface area (Å²) in [7, 11) is 0. The highest BCUT2D eigenvalue weighted by molar-refractivity contribution is 5.98. The first-order chi connectivity index (χ1) is 15.0. The second-order valence-electron chi connectivity index (χ2n) is 6.93. The van der Waals surface area contributed by atoms with Crippen molar-refractivity contribution in [3.63, 3.8) is 0 Å². The summed E-state index contributed by atoms with van der Waals surface area (Å²) >= 11 is 0. The summed E-state index contributed by atoms with van der Waals surface area (Å²) in [6, 6.07) is 12.8. The standard InChI is InChI=1S/C24H21N3O4/c1-4-29-21-10-18-19(11-22(21)30-5-2)26-13-15(12-25)24(18)27-16-6-7-17-14(3)8-23(28)31-20(17)9-16/h6-11,13H,4-5H2,1-3H3,(H,26,27). The van der Waals surface area contributed by atoms with Crippen LogP contribution in [0.4, 0.5) is 11.4 Å². The Hall–Kier alpha value is -4.05. The van der Waals surface area contributed by atoms with Crippen LogP contribution in [0.1, 0.15) is 25.0 Å². The summed E-state index contributed by atoms with van der Waals surface area (Å²) in [5.41, 5.74) is 3.22. The molecule has 0 aliphatic carbocycles. The van der Waals surface area contributed by atoms with Crippen LogP contribution in [0.5, 0.6) is 11.5 Å².